The van der Waals surface area contributed by atoms with Gasteiger partial charge in [0.15, 0.2) is 0 Å². The van der Waals surface area contributed by atoms with Crippen molar-refractivity contribution in [1.29, 1.82) is 0 Å². The van der Waals surface area contributed by atoms with Crippen LogP contribution in [0.2, 0.25) is 0 Å². The molecule has 3 rings (SSSR count). The number of carbonyl (C=O) groups is 1. The second-order valence-corrected chi connectivity index (χ2v) is 6.91. The van der Waals surface area contributed by atoms with E-state index in [-0.39, 0.29) is 0 Å². The Hall–Kier alpha value is -1.43. The molecule has 2 aliphatic rings. The third kappa shape index (κ3) is 4.79. The largest absolute Gasteiger partial charge is 0.387 e. The van der Waals surface area contributed by atoms with E-state index < -0.39 is 6.10 Å². The van der Waals surface area contributed by atoms with Gasteiger partial charge in [-0.1, -0.05) is 30.3 Å². The first kappa shape index (κ1) is 17.4. The number of rotatable bonds is 7. The summed E-state index contributed by atoms with van der Waals surface area (Å²) in [6.07, 6.45) is 2.43. The van der Waals surface area contributed by atoms with Crippen molar-refractivity contribution in [2.24, 2.45) is 0 Å². The van der Waals surface area contributed by atoms with Gasteiger partial charge in [-0.2, -0.15) is 0 Å². The molecule has 0 aromatic heterocycles. The molecule has 1 N–H and O–H groups in total. The van der Waals surface area contributed by atoms with Gasteiger partial charge in [-0.25, -0.2) is 0 Å². The van der Waals surface area contributed by atoms with E-state index >= 15 is 0 Å². The monoisotopic (exact) mass is 331 g/mol. The average Bonchev–Trinajstić information content (AvgIpc) is 3.02. The minimum absolute atomic E-state index is 0.328. The minimum atomic E-state index is -0.404. The van der Waals surface area contributed by atoms with Gasteiger partial charge < -0.3 is 14.9 Å². The Morgan fingerprint density at radius 3 is 2.33 bits per heavy atom. The molecule has 2 fully saturated rings. The first-order valence-electron chi connectivity index (χ1n) is 9.18. The maximum atomic E-state index is 11.6. The highest BCUT2D eigenvalue weighted by atomic mass is 16.3. The molecular weight excluding hydrogens is 302 g/mol. The van der Waals surface area contributed by atoms with Gasteiger partial charge in [0.1, 0.15) is 0 Å². The summed E-state index contributed by atoms with van der Waals surface area (Å²) in [5.41, 5.74) is 0.996. The molecule has 0 aliphatic carbocycles. The lowest BCUT2D eigenvalue weighted by atomic mass is 10.1. The van der Waals surface area contributed by atoms with Crippen LogP contribution in [0.15, 0.2) is 30.3 Å². The van der Waals surface area contributed by atoms with Crippen LogP contribution < -0.4 is 0 Å². The summed E-state index contributed by atoms with van der Waals surface area (Å²) in [6, 6.07) is 9.90. The van der Waals surface area contributed by atoms with Crippen LogP contribution in [-0.4, -0.2) is 78.1 Å². The number of hydrogen-bond donors (Lipinski definition) is 1. The van der Waals surface area contributed by atoms with E-state index in [1.807, 2.05) is 35.2 Å². The Kier molecular flexibility index (Phi) is 6.24. The maximum Gasteiger partial charge on any atom is 0.222 e. The standard InChI is InChI=1S/C19H29N3O2/c23-18(17-6-2-1-3-7-17)16-21-14-12-20(13-15-21)9-5-11-22-10-4-8-19(22)24/h1-3,6-7,18,23H,4-5,8-16H2. The van der Waals surface area contributed by atoms with E-state index in [2.05, 4.69) is 9.80 Å². The molecule has 2 heterocycles. The summed E-state index contributed by atoms with van der Waals surface area (Å²) in [5.74, 6) is 0.328. The highest BCUT2D eigenvalue weighted by Gasteiger charge is 2.22. The smallest absolute Gasteiger partial charge is 0.222 e. The zero-order chi connectivity index (χ0) is 16.8. The fourth-order valence-electron chi connectivity index (χ4n) is 3.65. The van der Waals surface area contributed by atoms with E-state index in [1.54, 1.807) is 0 Å². The number of amides is 1. The van der Waals surface area contributed by atoms with Crippen molar-refractivity contribution in [1.82, 2.24) is 14.7 Å². The number of β-amino-alcohol motifs (C(OH)–C–C–N with tert-alkyl or cyclic N) is 1. The minimum Gasteiger partial charge on any atom is -0.387 e. The molecule has 0 bridgehead atoms. The highest BCUT2D eigenvalue weighted by Crippen LogP contribution is 2.15. The van der Waals surface area contributed by atoms with Gasteiger partial charge in [-0.05, 0) is 24.9 Å². The number of likely N-dealkylation sites (tertiary alicyclic amines) is 1. The highest BCUT2D eigenvalue weighted by molar-refractivity contribution is 5.77. The van der Waals surface area contributed by atoms with Crippen molar-refractivity contribution in [2.45, 2.75) is 25.4 Å². The Balaban J connectivity index is 1.33. The van der Waals surface area contributed by atoms with Crippen LogP contribution in [-0.2, 0) is 4.79 Å². The predicted molar refractivity (Wildman–Crippen MR) is 94.7 cm³/mol. The fourth-order valence-corrected chi connectivity index (χ4v) is 3.65. The van der Waals surface area contributed by atoms with E-state index in [1.165, 1.54) is 0 Å². The van der Waals surface area contributed by atoms with Gasteiger partial charge in [0.05, 0.1) is 6.10 Å². The van der Waals surface area contributed by atoms with Gasteiger partial charge in [0, 0.05) is 52.2 Å². The Bertz CT molecular complexity index is 515. The van der Waals surface area contributed by atoms with Crippen LogP contribution in [0.5, 0.6) is 0 Å². The lowest BCUT2D eigenvalue weighted by Gasteiger charge is -2.35. The molecule has 24 heavy (non-hydrogen) atoms. The molecule has 5 nitrogen and oxygen atoms in total. The quantitative estimate of drug-likeness (QED) is 0.819. The van der Waals surface area contributed by atoms with Gasteiger partial charge in [0.25, 0.3) is 0 Å². The van der Waals surface area contributed by atoms with Crippen molar-refractivity contribution >= 4 is 5.91 Å². The van der Waals surface area contributed by atoms with Crippen molar-refractivity contribution < 1.29 is 9.90 Å². The topological polar surface area (TPSA) is 47.0 Å². The summed E-state index contributed by atoms with van der Waals surface area (Å²) in [4.78, 5) is 18.4. The third-order valence-electron chi connectivity index (χ3n) is 5.15. The van der Waals surface area contributed by atoms with Gasteiger partial charge in [0.2, 0.25) is 5.91 Å². The second kappa shape index (κ2) is 8.60. The Morgan fingerprint density at radius 1 is 0.958 bits per heavy atom. The summed E-state index contributed by atoms with van der Waals surface area (Å²) < 4.78 is 0. The van der Waals surface area contributed by atoms with Gasteiger partial charge >= 0.3 is 0 Å². The molecule has 132 valence electrons. The Labute approximate surface area is 144 Å². The molecule has 0 radical (unpaired) electrons. The number of carbonyl (C=O) groups excluding carboxylic acids is 1. The number of hydrogen-bond acceptors (Lipinski definition) is 4. The molecule has 0 spiro atoms. The van der Waals surface area contributed by atoms with Crippen molar-refractivity contribution in [3.05, 3.63) is 35.9 Å². The fraction of sp³-hybridized carbons (Fsp3) is 0.632. The number of aliphatic hydroxyl groups is 1. The van der Waals surface area contributed by atoms with E-state index in [0.29, 0.717) is 12.5 Å². The molecule has 0 saturated carbocycles. The van der Waals surface area contributed by atoms with Crippen LogP contribution in [0.3, 0.4) is 0 Å². The number of aliphatic hydroxyl groups excluding tert-OH is 1. The van der Waals surface area contributed by atoms with E-state index in [0.717, 1.165) is 70.6 Å². The van der Waals surface area contributed by atoms with Gasteiger partial charge in [-0.15, -0.1) is 0 Å². The van der Waals surface area contributed by atoms with Crippen molar-refractivity contribution in [2.75, 3.05) is 52.4 Å². The molecule has 1 amide bonds. The van der Waals surface area contributed by atoms with Crippen LogP contribution >= 0.6 is 0 Å². The zero-order valence-electron chi connectivity index (χ0n) is 14.4. The Morgan fingerprint density at radius 2 is 1.67 bits per heavy atom. The normalized spacial score (nSPS) is 21.4. The summed E-state index contributed by atoms with van der Waals surface area (Å²) in [5, 5.41) is 10.3. The summed E-state index contributed by atoms with van der Waals surface area (Å²) >= 11 is 0. The molecular formula is C19H29N3O2. The molecule has 5 heteroatoms. The average molecular weight is 331 g/mol. The lowest BCUT2D eigenvalue weighted by Crippen LogP contribution is -2.48. The number of nitrogens with zero attached hydrogens (tertiary/aromatic N) is 3. The van der Waals surface area contributed by atoms with Gasteiger partial charge in [-0.3, -0.25) is 9.69 Å². The molecule has 1 atom stereocenters. The molecule has 1 aromatic rings. The third-order valence-corrected chi connectivity index (χ3v) is 5.15. The van der Waals surface area contributed by atoms with Crippen LogP contribution in [0, 0.1) is 0 Å². The van der Waals surface area contributed by atoms with Crippen LogP contribution in [0.1, 0.15) is 30.9 Å². The first-order valence-corrected chi connectivity index (χ1v) is 9.18. The molecule has 2 aliphatic heterocycles. The van der Waals surface area contributed by atoms with Crippen molar-refractivity contribution in [3.8, 4) is 0 Å². The first-order chi connectivity index (χ1) is 11.7. The number of benzene rings is 1. The SMILES string of the molecule is O=C1CCCN1CCCN1CCN(CC(O)c2ccccc2)CC1. The maximum absolute atomic E-state index is 11.6. The van der Waals surface area contributed by atoms with E-state index in [4.69, 9.17) is 0 Å². The predicted octanol–water partition coefficient (Wildman–Crippen LogP) is 1.35. The van der Waals surface area contributed by atoms with Crippen LogP contribution in [0.25, 0.3) is 0 Å². The molecule has 2 saturated heterocycles. The zero-order valence-corrected chi connectivity index (χ0v) is 14.4. The van der Waals surface area contributed by atoms with Crippen LogP contribution in [0.4, 0.5) is 0 Å². The molecule has 1 unspecified atom stereocenters. The second-order valence-electron chi connectivity index (χ2n) is 6.91. The summed E-state index contributed by atoms with van der Waals surface area (Å²) in [7, 11) is 0. The van der Waals surface area contributed by atoms with E-state index in [9.17, 15) is 9.90 Å². The molecule has 1 aromatic carbocycles. The lowest BCUT2D eigenvalue weighted by molar-refractivity contribution is -0.127. The number of piperazine rings is 1. The van der Waals surface area contributed by atoms with Crippen molar-refractivity contribution in [3.63, 3.8) is 0 Å². The summed E-state index contributed by atoms with van der Waals surface area (Å²) in [6.45, 7) is 7.75.